The monoisotopic (exact) mass is 458 g/mol. The van der Waals surface area contributed by atoms with Crippen LogP contribution < -0.4 is 0 Å². The van der Waals surface area contributed by atoms with Gasteiger partial charge < -0.3 is 0 Å². The van der Waals surface area contributed by atoms with Crippen molar-refractivity contribution in [3.8, 4) is 22.3 Å². The third kappa shape index (κ3) is 3.83. The van der Waals surface area contributed by atoms with Gasteiger partial charge in [-0.25, -0.2) is 0 Å². The van der Waals surface area contributed by atoms with E-state index in [0.717, 1.165) is 0 Å². The number of fused-ring (bicyclic) bond motifs is 3. The highest BCUT2D eigenvalue weighted by Crippen LogP contribution is 2.45. The van der Waals surface area contributed by atoms with E-state index in [2.05, 4.69) is 134 Å². The van der Waals surface area contributed by atoms with Crippen molar-refractivity contribution in [3.63, 3.8) is 0 Å². The van der Waals surface area contributed by atoms with Crippen LogP contribution in [0.5, 0.6) is 0 Å². The fraction of sp³-hybridized carbons (Fsp3) is 0. The first-order valence-corrected chi connectivity index (χ1v) is 12.3. The van der Waals surface area contributed by atoms with Crippen molar-refractivity contribution < 1.29 is 0 Å². The molecule has 0 aliphatic rings. The first-order chi connectivity index (χ1) is 17.8. The lowest BCUT2D eigenvalue weighted by Crippen LogP contribution is -1.91. The second kappa shape index (κ2) is 9.52. The van der Waals surface area contributed by atoms with Crippen LogP contribution in [0.1, 0.15) is 5.56 Å². The van der Waals surface area contributed by atoms with Crippen molar-refractivity contribution in [1.29, 1.82) is 0 Å². The minimum Gasteiger partial charge on any atom is -0.0991 e. The van der Waals surface area contributed by atoms with E-state index in [1.165, 1.54) is 60.1 Å². The first-order valence-electron chi connectivity index (χ1n) is 12.3. The molecular weight excluding hydrogens is 432 g/mol. The zero-order valence-corrected chi connectivity index (χ0v) is 20.1. The number of hydrogen-bond donors (Lipinski definition) is 0. The molecular formula is C36H26. The molecule has 0 unspecified atom stereocenters. The lowest BCUT2D eigenvalue weighted by atomic mass is 9.84. The Hall–Kier alpha value is -4.68. The molecule has 0 heteroatoms. The Labute approximate surface area is 212 Å². The summed E-state index contributed by atoms with van der Waals surface area (Å²) in [4.78, 5) is 0. The summed E-state index contributed by atoms with van der Waals surface area (Å²) in [6, 6.07) is 41.8. The summed E-state index contributed by atoms with van der Waals surface area (Å²) in [5.74, 6) is 0. The van der Waals surface area contributed by atoms with Gasteiger partial charge in [0.25, 0.3) is 0 Å². The lowest BCUT2D eigenvalue weighted by molar-refractivity contribution is 1.66. The van der Waals surface area contributed by atoms with Gasteiger partial charge in [0.2, 0.25) is 0 Å². The van der Waals surface area contributed by atoms with Gasteiger partial charge in [-0.1, -0.05) is 146 Å². The van der Waals surface area contributed by atoms with Crippen LogP contribution >= 0.6 is 0 Å². The van der Waals surface area contributed by atoms with Crippen molar-refractivity contribution in [2.45, 2.75) is 0 Å². The molecule has 0 saturated carbocycles. The maximum Gasteiger partial charge on any atom is -0.00201 e. The molecule has 0 spiro atoms. The van der Waals surface area contributed by atoms with Gasteiger partial charge in [0, 0.05) is 0 Å². The SMILES string of the molecule is C=C/C=C\C=Cc1ccc2cccc(-c3c4ccccc4c(-c4ccccc4)c4ccccc34)c2c1. The van der Waals surface area contributed by atoms with Crippen LogP contribution in [0.25, 0.3) is 60.6 Å². The van der Waals surface area contributed by atoms with Crippen molar-refractivity contribution in [3.05, 3.63) is 152 Å². The molecule has 0 amide bonds. The molecule has 0 fully saturated rings. The molecule has 6 rings (SSSR count). The summed E-state index contributed by atoms with van der Waals surface area (Å²) in [5.41, 5.74) is 6.27. The Morgan fingerprint density at radius 1 is 0.472 bits per heavy atom. The molecule has 6 aromatic rings. The summed E-state index contributed by atoms with van der Waals surface area (Å²) >= 11 is 0. The summed E-state index contributed by atoms with van der Waals surface area (Å²) in [6.45, 7) is 3.75. The Balaban J connectivity index is 1.70. The predicted molar refractivity (Wildman–Crippen MR) is 158 cm³/mol. The predicted octanol–water partition coefficient (Wildman–Crippen LogP) is 10.2. The van der Waals surface area contributed by atoms with Gasteiger partial charge in [-0.05, 0) is 66.2 Å². The highest BCUT2D eigenvalue weighted by Gasteiger charge is 2.17. The van der Waals surface area contributed by atoms with Crippen LogP contribution in [0.2, 0.25) is 0 Å². The molecule has 0 bridgehead atoms. The highest BCUT2D eigenvalue weighted by molar-refractivity contribution is 6.23. The normalized spacial score (nSPS) is 11.8. The van der Waals surface area contributed by atoms with E-state index >= 15 is 0 Å². The Morgan fingerprint density at radius 2 is 1.11 bits per heavy atom. The Morgan fingerprint density at radius 3 is 1.78 bits per heavy atom. The molecule has 170 valence electrons. The smallest absolute Gasteiger partial charge is 0.00201 e. The standard InChI is InChI=1S/C36H26/c1-2-3-4-6-14-26-23-24-27-17-13-22-33(34(27)25-26)36-31-20-11-9-18-29(31)35(28-15-7-5-8-16-28)30-19-10-12-21-32(30)36/h2-25H,1H2/b4-3-,14-6?. The molecule has 0 radical (unpaired) electrons. The Bertz CT molecular complexity index is 1730. The molecule has 0 aliphatic heterocycles. The van der Waals surface area contributed by atoms with E-state index in [-0.39, 0.29) is 0 Å². The molecule has 0 aromatic heterocycles. The van der Waals surface area contributed by atoms with Gasteiger partial charge in [-0.2, -0.15) is 0 Å². The minimum absolute atomic E-state index is 1.18. The van der Waals surface area contributed by atoms with E-state index in [4.69, 9.17) is 0 Å². The number of benzene rings is 6. The van der Waals surface area contributed by atoms with Crippen LogP contribution in [0.4, 0.5) is 0 Å². The number of allylic oxidation sites excluding steroid dienone is 4. The average molecular weight is 459 g/mol. The zero-order valence-electron chi connectivity index (χ0n) is 20.1. The molecule has 0 saturated heterocycles. The van der Waals surface area contributed by atoms with Crippen LogP contribution in [0.3, 0.4) is 0 Å². The quantitative estimate of drug-likeness (QED) is 0.178. The average Bonchev–Trinajstić information content (AvgIpc) is 2.94. The first kappa shape index (κ1) is 21.8. The second-order valence-corrected chi connectivity index (χ2v) is 8.97. The molecule has 6 aromatic carbocycles. The zero-order chi connectivity index (χ0) is 24.3. The fourth-order valence-corrected chi connectivity index (χ4v) is 5.26. The van der Waals surface area contributed by atoms with E-state index < -0.39 is 0 Å². The van der Waals surface area contributed by atoms with Gasteiger partial charge in [-0.3, -0.25) is 0 Å². The van der Waals surface area contributed by atoms with E-state index in [0.29, 0.717) is 0 Å². The molecule has 0 heterocycles. The highest BCUT2D eigenvalue weighted by atomic mass is 14.2. The lowest BCUT2D eigenvalue weighted by Gasteiger charge is -2.19. The molecule has 0 atom stereocenters. The van der Waals surface area contributed by atoms with Crippen molar-refractivity contribution in [2.24, 2.45) is 0 Å². The van der Waals surface area contributed by atoms with Crippen LogP contribution in [0, 0.1) is 0 Å². The van der Waals surface area contributed by atoms with Gasteiger partial charge in [0.1, 0.15) is 0 Å². The van der Waals surface area contributed by atoms with Crippen LogP contribution in [-0.4, -0.2) is 0 Å². The van der Waals surface area contributed by atoms with Gasteiger partial charge >= 0.3 is 0 Å². The van der Waals surface area contributed by atoms with Gasteiger partial charge in [0.15, 0.2) is 0 Å². The maximum absolute atomic E-state index is 3.75. The van der Waals surface area contributed by atoms with Crippen molar-refractivity contribution in [2.75, 3.05) is 0 Å². The molecule has 0 aliphatic carbocycles. The maximum atomic E-state index is 3.75. The third-order valence-corrected chi connectivity index (χ3v) is 6.82. The number of hydrogen-bond acceptors (Lipinski definition) is 0. The van der Waals surface area contributed by atoms with Gasteiger partial charge in [-0.15, -0.1) is 0 Å². The Kier molecular flexibility index (Phi) is 5.77. The summed E-state index contributed by atoms with van der Waals surface area (Å²) in [7, 11) is 0. The van der Waals surface area contributed by atoms with E-state index in [9.17, 15) is 0 Å². The topological polar surface area (TPSA) is 0 Å². The summed E-state index contributed by atoms with van der Waals surface area (Å²) in [6.07, 6.45) is 9.94. The second-order valence-electron chi connectivity index (χ2n) is 8.97. The number of rotatable bonds is 5. The molecule has 36 heavy (non-hydrogen) atoms. The van der Waals surface area contributed by atoms with Crippen LogP contribution in [0.15, 0.2) is 146 Å². The van der Waals surface area contributed by atoms with E-state index in [1.54, 1.807) is 6.08 Å². The van der Waals surface area contributed by atoms with Crippen LogP contribution in [-0.2, 0) is 0 Å². The van der Waals surface area contributed by atoms with Crippen molar-refractivity contribution in [1.82, 2.24) is 0 Å². The third-order valence-electron chi connectivity index (χ3n) is 6.82. The molecule has 0 N–H and O–H groups in total. The van der Waals surface area contributed by atoms with Crippen molar-refractivity contribution >= 4 is 38.4 Å². The summed E-state index contributed by atoms with van der Waals surface area (Å²) < 4.78 is 0. The van der Waals surface area contributed by atoms with E-state index in [1.807, 2.05) is 12.2 Å². The fourth-order valence-electron chi connectivity index (χ4n) is 5.26. The summed E-state index contributed by atoms with van der Waals surface area (Å²) in [5, 5.41) is 7.61. The van der Waals surface area contributed by atoms with Gasteiger partial charge in [0.05, 0.1) is 0 Å². The minimum atomic E-state index is 1.18. The largest absolute Gasteiger partial charge is 0.0991 e. The molecule has 0 nitrogen and oxygen atoms in total.